The summed E-state index contributed by atoms with van der Waals surface area (Å²) in [4.78, 5) is 14.9. The van der Waals surface area contributed by atoms with Crippen molar-refractivity contribution in [3.8, 4) is 0 Å². The van der Waals surface area contributed by atoms with Crippen LogP contribution in [-0.4, -0.2) is 37.5 Å². The van der Waals surface area contributed by atoms with Gasteiger partial charge in [0.15, 0.2) is 0 Å². The Morgan fingerprint density at radius 1 is 0.909 bits per heavy atom. The first-order valence-electron chi connectivity index (χ1n) is 13.8. The molecule has 0 aliphatic carbocycles. The summed E-state index contributed by atoms with van der Waals surface area (Å²) in [5.74, 6) is 1.54. The first-order valence-corrected chi connectivity index (χ1v) is 13.8. The van der Waals surface area contributed by atoms with E-state index in [4.69, 9.17) is 0 Å². The predicted octanol–water partition coefficient (Wildman–Crippen LogP) is 7.91. The molecule has 3 heteroatoms. The molecule has 0 heterocycles. The third kappa shape index (κ3) is 11.6. The van der Waals surface area contributed by atoms with E-state index in [2.05, 4.69) is 83.1 Å². The van der Waals surface area contributed by atoms with Gasteiger partial charge in [-0.1, -0.05) is 91.5 Å². The highest BCUT2D eigenvalue weighted by Gasteiger charge is 2.26. The lowest BCUT2D eigenvalue weighted by Crippen LogP contribution is -2.38. The van der Waals surface area contributed by atoms with Crippen molar-refractivity contribution in [2.24, 2.45) is 5.41 Å². The Labute approximate surface area is 206 Å². The Kier molecular flexibility index (Phi) is 14.7. The molecular formula is C30H54N2O. The lowest BCUT2D eigenvalue weighted by molar-refractivity contribution is -0.129. The second-order valence-corrected chi connectivity index (χ2v) is 10.8. The number of hydrogen-bond donors (Lipinski definition) is 1. The van der Waals surface area contributed by atoms with Gasteiger partial charge in [0.1, 0.15) is 0 Å². The van der Waals surface area contributed by atoms with Crippen molar-refractivity contribution in [1.29, 1.82) is 0 Å². The zero-order chi connectivity index (χ0) is 24.7. The van der Waals surface area contributed by atoms with Gasteiger partial charge in [-0.15, -0.1) is 0 Å². The standard InChI is InChI=1S/C30H54N2O/c1-8-23-32(7)24-15-22-31-29(33)30(5,6)21-14-12-11-13-16-26(10-3)28-19-17-27(18-20-28)25(4)9-2/h17-20,25-26H,8-16,21-24H2,1-7H3,(H,31,33). The van der Waals surface area contributed by atoms with Crippen molar-refractivity contribution in [1.82, 2.24) is 10.2 Å². The number of carbonyl (C=O) groups is 1. The van der Waals surface area contributed by atoms with Crippen LogP contribution in [0.5, 0.6) is 0 Å². The van der Waals surface area contributed by atoms with Crippen LogP contribution >= 0.6 is 0 Å². The minimum atomic E-state index is -0.265. The number of amides is 1. The third-order valence-electron chi connectivity index (χ3n) is 7.41. The Bertz CT molecular complexity index is 637. The molecule has 3 nitrogen and oxygen atoms in total. The molecule has 0 saturated heterocycles. The molecule has 190 valence electrons. The minimum absolute atomic E-state index is 0.215. The van der Waals surface area contributed by atoms with Crippen LogP contribution in [0.25, 0.3) is 0 Å². The maximum Gasteiger partial charge on any atom is 0.225 e. The van der Waals surface area contributed by atoms with Crippen molar-refractivity contribution in [2.75, 3.05) is 26.7 Å². The Balaban J connectivity index is 2.25. The van der Waals surface area contributed by atoms with Gasteiger partial charge in [-0.05, 0) is 81.6 Å². The first-order chi connectivity index (χ1) is 15.7. The van der Waals surface area contributed by atoms with Crippen molar-refractivity contribution >= 4 is 5.91 Å². The quantitative estimate of drug-likeness (QED) is 0.227. The molecule has 0 fully saturated rings. The highest BCUT2D eigenvalue weighted by Crippen LogP contribution is 2.29. The van der Waals surface area contributed by atoms with Crippen LogP contribution in [0.4, 0.5) is 0 Å². The summed E-state index contributed by atoms with van der Waals surface area (Å²) >= 11 is 0. The topological polar surface area (TPSA) is 32.3 Å². The summed E-state index contributed by atoms with van der Waals surface area (Å²) in [6.45, 7) is 16.3. The summed E-state index contributed by atoms with van der Waals surface area (Å²) in [6.07, 6.45) is 11.8. The number of rotatable bonds is 18. The van der Waals surface area contributed by atoms with Crippen molar-refractivity contribution in [3.63, 3.8) is 0 Å². The number of benzene rings is 1. The number of carbonyl (C=O) groups excluding carboxylic acids is 1. The number of nitrogens with one attached hydrogen (secondary N) is 1. The van der Waals surface area contributed by atoms with Gasteiger partial charge in [0.05, 0.1) is 0 Å². The van der Waals surface area contributed by atoms with Gasteiger partial charge in [-0.3, -0.25) is 4.79 Å². The molecule has 0 saturated carbocycles. The van der Waals surface area contributed by atoms with Gasteiger partial charge in [0, 0.05) is 12.0 Å². The highest BCUT2D eigenvalue weighted by atomic mass is 16.2. The molecule has 1 aromatic rings. The summed E-state index contributed by atoms with van der Waals surface area (Å²) in [6, 6.07) is 9.39. The van der Waals surface area contributed by atoms with E-state index in [1.807, 2.05) is 0 Å². The molecule has 2 atom stereocenters. The van der Waals surface area contributed by atoms with E-state index in [1.54, 1.807) is 0 Å². The molecule has 1 N–H and O–H groups in total. The average molecular weight is 459 g/mol. The predicted molar refractivity (Wildman–Crippen MR) is 145 cm³/mol. The van der Waals surface area contributed by atoms with Crippen molar-refractivity contribution in [3.05, 3.63) is 35.4 Å². The Hall–Kier alpha value is -1.35. The van der Waals surface area contributed by atoms with Gasteiger partial charge in [-0.25, -0.2) is 0 Å². The fourth-order valence-corrected chi connectivity index (χ4v) is 4.65. The normalized spacial score (nSPS) is 13.8. The molecule has 0 bridgehead atoms. The molecule has 0 spiro atoms. The van der Waals surface area contributed by atoms with E-state index in [1.165, 1.54) is 56.1 Å². The molecule has 1 amide bonds. The van der Waals surface area contributed by atoms with Crippen LogP contribution in [0.3, 0.4) is 0 Å². The molecule has 0 radical (unpaired) electrons. The molecule has 1 rings (SSSR count). The summed E-state index contributed by atoms with van der Waals surface area (Å²) < 4.78 is 0. The maximum absolute atomic E-state index is 12.6. The molecule has 0 aliphatic rings. The van der Waals surface area contributed by atoms with E-state index in [-0.39, 0.29) is 11.3 Å². The maximum atomic E-state index is 12.6. The van der Waals surface area contributed by atoms with E-state index >= 15 is 0 Å². The molecule has 0 aromatic heterocycles. The van der Waals surface area contributed by atoms with E-state index < -0.39 is 0 Å². The van der Waals surface area contributed by atoms with Gasteiger partial charge in [0.25, 0.3) is 0 Å². The number of unbranched alkanes of at least 4 members (excludes halogenated alkanes) is 3. The second-order valence-electron chi connectivity index (χ2n) is 10.8. The summed E-state index contributed by atoms with van der Waals surface area (Å²) in [7, 11) is 2.15. The molecule has 33 heavy (non-hydrogen) atoms. The third-order valence-corrected chi connectivity index (χ3v) is 7.41. The van der Waals surface area contributed by atoms with Gasteiger partial charge < -0.3 is 10.2 Å². The number of nitrogens with zero attached hydrogens (tertiary/aromatic N) is 1. The largest absolute Gasteiger partial charge is 0.356 e. The molecule has 0 aliphatic heterocycles. The minimum Gasteiger partial charge on any atom is -0.356 e. The van der Waals surface area contributed by atoms with Crippen LogP contribution in [0, 0.1) is 5.41 Å². The van der Waals surface area contributed by atoms with Crippen LogP contribution in [0.2, 0.25) is 0 Å². The van der Waals surface area contributed by atoms with Crippen LogP contribution in [-0.2, 0) is 4.79 Å². The van der Waals surface area contributed by atoms with E-state index in [0.29, 0.717) is 11.8 Å². The molecular weight excluding hydrogens is 404 g/mol. The molecule has 1 aromatic carbocycles. The zero-order valence-corrected chi connectivity index (χ0v) is 23.0. The van der Waals surface area contributed by atoms with Crippen LogP contribution in [0.1, 0.15) is 129 Å². The highest BCUT2D eigenvalue weighted by molar-refractivity contribution is 5.81. The second kappa shape index (κ2) is 16.3. The van der Waals surface area contributed by atoms with Gasteiger partial charge >= 0.3 is 0 Å². The Morgan fingerprint density at radius 2 is 1.55 bits per heavy atom. The van der Waals surface area contributed by atoms with Crippen molar-refractivity contribution < 1.29 is 4.79 Å². The smallest absolute Gasteiger partial charge is 0.225 e. The monoisotopic (exact) mass is 458 g/mol. The number of hydrogen-bond acceptors (Lipinski definition) is 2. The van der Waals surface area contributed by atoms with Crippen LogP contribution in [0.15, 0.2) is 24.3 Å². The molecule has 2 unspecified atom stereocenters. The summed E-state index contributed by atoms with van der Waals surface area (Å²) in [5.41, 5.74) is 2.70. The fraction of sp³-hybridized carbons (Fsp3) is 0.767. The zero-order valence-electron chi connectivity index (χ0n) is 23.0. The Morgan fingerprint density at radius 3 is 2.15 bits per heavy atom. The van der Waals surface area contributed by atoms with Crippen molar-refractivity contribution in [2.45, 2.75) is 118 Å². The van der Waals surface area contributed by atoms with Gasteiger partial charge in [-0.2, -0.15) is 0 Å². The first kappa shape index (κ1) is 29.7. The SMILES string of the molecule is CCCN(C)CCCNC(=O)C(C)(C)CCCCCCC(CC)c1ccc(C(C)CC)cc1. The van der Waals surface area contributed by atoms with E-state index in [0.717, 1.165) is 38.9 Å². The summed E-state index contributed by atoms with van der Waals surface area (Å²) in [5, 5.41) is 3.16. The lowest BCUT2D eigenvalue weighted by Gasteiger charge is -2.24. The van der Waals surface area contributed by atoms with E-state index in [9.17, 15) is 4.79 Å². The van der Waals surface area contributed by atoms with Gasteiger partial charge in [0.2, 0.25) is 5.91 Å². The lowest BCUT2D eigenvalue weighted by atomic mass is 9.85. The average Bonchev–Trinajstić information content (AvgIpc) is 2.81. The van der Waals surface area contributed by atoms with Crippen LogP contribution < -0.4 is 5.32 Å². The fourth-order valence-electron chi connectivity index (χ4n) is 4.65.